The molecule has 1 amide bonds. The highest BCUT2D eigenvalue weighted by Gasteiger charge is 2.24. The summed E-state index contributed by atoms with van der Waals surface area (Å²) >= 11 is 0. The van der Waals surface area contributed by atoms with Crippen LogP contribution in [0.1, 0.15) is 44.3 Å². The van der Waals surface area contributed by atoms with Crippen molar-refractivity contribution in [3.05, 3.63) is 59.2 Å². The second kappa shape index (κ2) is 10.5. The van der Waals surface area contributed by atoms with Gasteiger partial charge in [-0.05, 0) is 65.6 Å². The van der Waals surface area contributed by atoms with Crippen LogP contribution in [0.4, 0.5) is 20.5 Å². The maximum absolute atomic E-state index is 15.1. The third-order valence-electron chi connectivity index (χ3n) is 6.98. The molecule has 3 aromatic heterocycles. The largest absolute Gasteiger partial charge is 0.338 e. The number of hydrogen-bond donors (Lipinski definition) is 1. The van der Waals surface area contributed by atoms with Gasteiger partial charge < -0.3 is 19.7 Å². The monoisotopic (exact) mass is 548 g/mol. The minimum absolute atomic E-state index is 0.0255. The average Bonchev–Trinajstić information content (AvgIpc) is 3.25. The molecule has 0 aliphatic carbocycles. The van der Waals surface area contributed by atoms with E-state index in [1.807, 2.05) is 62.2 Å². The number of aryl methyl sites for hydroxylation is 1. The van der Waals surface area contributed by atoms with Gasteiger partial charge in [0.2, 0.25) is 11.9 Å². The van der Waals surface area contributed by atoms with Crippen LogP contribution < -0.4 is 5.32 Å². The van der Waals surface area contributed by atoms with Gasteiger partial charge in [0.15, 0.2) is 11.6 Å². The van der Waals surface area contributed by atoms with Crippen molar-refractivity contribution in [3.63, 3.8) is 0 Å². The fourth-order valence-corrected chi connectivity index (χ4v) is 5.16. The van der Waals surface area contributed by atoms with E-state index in [0.717, 1.165) is 17.5 Å². The van der Waals surface area contributed by atoms with E-state index in [1.165, 1.54) is 6.07 Å². The lowest BCUT2D eigenvalue weighted by Crippen LogP contribution is -2.37. The minimum Gasteiger partial charge on any atom is -0.338 e. The summed E-state index contributed by atoms with van der Waals surface area (Å²) in [5, 5.41) is 3.05. The molecule has 4 heterocycles. The molecule has 1 N–H and O–H groups in total. The van der Waals surface area contributed by atoms with Crippen molar-refractivity contribution >= 4 is 28.7 Å². The van der Waals surface area contributed by atoms with E-state index in [4.69, 9.17) is 4.98 Å². The van der Waals surface area contributed by atoms with E-state index in [-0.39, 0.29) is 34.2 Å². The van der Waals surface area contributed by atoms with Crippen LogP contribution in [0.15, 0.2) is 30.5 Å². The predicted octanol–water partition coefficient (Wildman–Crippen LogP) is 4.81. The maximum atomic E-state index is 15.1. The Hall–Kier alpha value is -3.99. The fourth-order valence-electron chi connectivity index (χ4n) is 5.16. The number of nitrogens with zero attached hydrogens (tertiary/aromatic N) is 7. The Morgan fingerprint density at radius 3 is 2.60 bits per heavy atom. The zero-order valence-corrected chi connectivity index (χ0v) is 23.7. The van der Waals surface area contributed by atoms with Crippen LogP contribution in [0, 0.1) is 18.6 Å². The molecule has 1 aliphatic rings. The van der Waals surface area contributed by atoms with Gasteiger partial charge in [0.1, 0.15) is 22.9 Å². The van der Waals surface area contributed by atoms with Crippen molar-refractivity contribution in [2.24, 2.45) is 0 Å². The third-order valence-corrected chi connectivity index (χ3v) is 6.98. The summed E-state index contributed by atoms with van der Waals surface area (Å²) in [6, 6.07) is 6.68. The lowest BCUT2D eigenvalue weighted by molar-refractivity contribution is -0.132. The molecular formula is C29H34F2N8O. The first-order chi connectivity index (χ1) is 18.9. The third kappa shape index (κ3) is 5.51. The normalized spacial score (nSPS) is 13.7. The molecule has 5 rings (SSSR count). The highest BCUT2D eigenvalue weighted by Crippen LogP contribution is 2.32. The summed E-state index contributed by atoms with van der Waals surface area (Å²) < 4.78 is 32.0. The van der Waals surface area contributed by atoms with E-state index in [1.54, 1.807) is 12.1 Å². The van der Waals surface area contributed by atoms with Gasteiger partial charge in [-0.25, -0.2) is 28.7 Å². The first-order valence-electron chi connectivity index (χ1n) is 13.3. The summed E-state index contributed by atoms with van der Waals surface area (Å²) in [4.78, 5) is 34.0. The number of amides is 1. The van der Waals surface area contributed by atoms with Crippen LogP contribution in [0.25, 0.3) is 22.3 Å². The highest BCUT2D eigenvalue weighted by molar-refractivity contribution is 5.83. The van der Waals surface area contributed by atoms with Gasteiger partial charge in [-0.3, -0.25) is 4.79 Å². The molecule has 1 aromatic carbocycles. The molecule has 0 saturated carbocycles. The van der Waals surface area contributed by atoms with Gasteiger partial charge in [0.25, 0.3) is 0 Å². The highest BCUT2D eigenvalue weighted by atomic mass is 19.1. The molecule has 0 bridgehead atoms. The summed E-state index contributed by atoms with van der Waals surface area (Å²) in [6.07, 6.45) is 2.18. The number of halogens is 2. The predicted molar refractivity (Wildman–Crippen MR) is 150 cm³/mol. The van der Waals surface area contributed by atoms with E-state index in [0.29, 0.717) is 49.6 Å². The second-order valence-electron chi connectivity index (χ2n) is 11.4. The Bertz CT molecular complexity index is 1590. The molecule has 0 atom stereocenters. The Labute approximate surface area is 232 Å². The molecule has 1 aliphatic heterocycles. The number of nitrogens with one attached hydrogen (secondary N) is 1. The van der Waals surface area contributed by atoms with Crippen molar-refractivity contribution in [2.45, 2.75) is 52.6 Å². The molecule has 210 valence electrons. The maximum Gasteiger partial charge on any atom is 0.229 e. The lowest BCUT2D eigenvalue weighted by atomic mass is 10.1. The zero-order valence-electron chi connectivity index (χ0n) is 23.7. The quantitative estimate of drug-likeness (QED) is 0.370. The van der Waals surface area contributed by atoms with Crippen LogP contribution in [-0.2, 0) is 23.3 Å². The molecule has 40 heavy (non-hydrogen) atoms. The summed E-state index contributed by atoms with van der Waals surface area (Å²) in [6.45, 7) is 9.67. The Morgan fingerprint density at radius 1 is 1.10 bits per heavy atom. The number of anilines is 2. The number of pyridine rings is 1. The lowest BCUT2D eigenvalue weighted by Gasteiger charge is -2.29. The SMILES string of the molecule is Cc1nc2c(F)cc(-c3nc(Nc4ccc5c(n4)CCN(C(=O)CCN(C)C)C5)ncc3F)cc2n1C(C)(C)C. The summed E-state index contributed by atoms with van der Waals surface area (Å²) in [5.74, 6) is 0.234. The Kier molecular flexibility index (Phi) is 7.26. The van der Waals surface area contributed by atoms with Crippen LogP contribution in [0.2, 0.25) is 0 Å². The summed E-state index contributed by atoms with van der Waals surface area (Å²) in [7, 11) is 3.90. The molecule has 0 radical (unpaired) electrons. The van der Waals surface area contributed by atoms with E-state index >= 15 is 4.39 Å². The molecular weight excluding hydrogens is 514 g/mol. The number of fused-ring (bicyclic) bond motifs is 2. The van der Waals surface area contributed by atoms with E-state index in [9.17, 15) is 9.18 Å². The van der Waals surface area contributed by atoms with Gasteiger partial charge in [0.05, 0.1) is 11.7 Å². The molecule has 4 aromatic rings. The van der Waals surface area contributed by atoms with Crippen LogP contribution in [0.5, 0.6) is 0 Å². The van der Waals surface area contributed by atoms with Gasteiger partial charge in [-0.2, -0.15) is 0 Å². The fraction of sp³-hybridized carbons (Fsp3) is 0.414. The zero-order chi connectivity index (χ0) is 28.8. The Balaban J connectivity index is 1.39. The van der Waals surface area contributed by atoms with Gasteiger partial charge in [-0.15, -0.1) is 0 Å². The van der Waals surface area contributed by atoms with Crippen LogP contribution in [0.3, 0.4) is 0 Å². The van der Waals surface area contributed by atoms with Crippen molar-refractivity contribution in [2.75, 3.05) is 32.5 Å². The summed E-state index contributed by atoms with van der Waals surface area (Å²) in [5.41, 5.74) is 2.60. The van der Waals surface area contributed by atoms with Crippen molar-refractivity contribution < 1.29 is 13.6 Å². The smallest absolute Gasteiger partial charge is 0.229 e. The number of benzene rings is 1. The first-order valence-corrected chi connectivity index (χ1v) is 13.3. The number of carbonyl (C=O) groups is 1. The van der Waals surface area contributed by atoms with E-state index < -0.39 is 11.6 Å². The van der Waals surface area contributed by atoms with Crippen molar-refractivity contribution in [1.82, 2.24) is 34.3 Å². The number of imidazole rings is 1. The molecule has 11 heteroatoms. The van der Waals surface area contributed by atoms with Crippen LogP contribution >= 0.6 is 0 Å². The van der Waals surface area contributed by atoms with Crippen molar-refractivity contribution in [1.29, 1.82) is 0 Å². The number of aromatic nitrogens is 5. The number of hydrogen-bond acceptors (Lipinski definition) is 7. The van der Waals surface area contributed by atoms with Crippen LogP contribution in [-0.4, -0.2) is 67.4 Å². The Morgan fingerprint density at radius 2 is 1.88 bits per heavy atom. The van der Waals surface area contributed by atoms with Gasteiger partial charge in [0, 0.05) is 49.3 Å². The molecule has 0 spiro atoms. The number of carbonyl (C=O) groups excluding carboxylic acids is 1. The van der Waals surface area contributed by atoms with Gasteiger partial charge in [-0.1, -0.05) is 6.07 Å². The van der Waals surface area contributed by atoms with E-state index in [2.05, 4.69) is 20.3 Å². The van der Waals surface area contributed by atoms with Crippen molar-refractivity contribution in [3.8, 4) is 11.3 Å². The molecule has 9 nitrogen and oxygen atoms in total. The first kappa shape index (κ1) is 27.6. The van der Waals surface area contributed by atoms with Gasteiger partial charge >= 0.3 is 0 Å². The molecule has 0 fully saturated rings. The average molecular weight is 549 g/mol. The molecule has 0 saturated heterocycles. The minimum atomic E-state index is -0.666. The number of rotatable bonds is 6. The standard InChI is InChI=1S/C29H34F2N8O/c1-17-33-27-20(30)13-19(14-23(27)39(17)29(2,3)4)26-21(31)15-32-28(36-26)35-24-8-7-18-16-38(12-9-22(18)34-24)25(40)10-11-37(5)6/h7-8,13-15H,9-12,16H2,1-6H3,(H,32,34,35,36). The molecule has 0 unspecified atom stereocenters. The topological polar surface area (TPSA) is 92.1 Å². The second-order valence-corrected chi connectivity index (χ2v) is 11.4.